The smallest absolute Gasteiger partial charge is 0.330 e. The van der Waals surface area contributed by atoms with E-state index in [1.807, 2.05) is 36.4 Å². The summed E-state index contributed by atoms with van der Waals surface area (Å²) in [4.78, 5) is 23.2. The zero-order chi connectivity index (χ0) is 15.7. The van der Waals surface area contributed by atoms with E-state index in [1.54, 1.807) is 6.92 Å². The molecular formula is C17H19NO3. The lowest BCUT2D eigenvalue weighted by molar-refractivity contribution is -0.149. The SMILES string of the molecule is CCOC(=O)C(C#N)(/C=C\C(C)=O)CCc1ccccc1. The maximum absolute atomic E-state index is 12.1. The van der Waals surface area contributed by atoms with E-state index >= 15 is 0 Å². The van der Waals surface area contributed by atoms with E-state index in [1.165, 1.54) is 19.1 Å². The molecule has 110 valence electrons. The monoisotopic (exact) mass is 285 g/mol. The first kappa shape index (κ1) is 16.6. The third kappa shape index (κ3) is 4.88. The van der Waals surface area contributed by atoms with Crippen LogP contribution in [-0.4, -0.2) is 18.4 Å². The largest absolute Gasteiger partial charge is 0.465 e. The van der Waals surface area contributed by atoms with E-state index in [9.17, 15) is 14.9 Å². The molecule has 0 bridgehead atoms. The van der Waals surface area contributed by atoms with Gasteiger partial charge in [-0.1, -0.05) is 30.3 Å². The Morgan fingerprint density at radius 3 is 2.52 bits per heavy atom. The fraction of sp³-hybridized carbons (Fsp3) is 0.353. The van der Waals surface area contributed by atoms with Crippen LogP contribution in [0.4, 0.5) is 0 Å². The minimum absolute atomic E-state index is 0.196. The average molecular weight is 285 g/mol. The van der Waals surface area contributed by atoms with E-state index in [2.05, 4.69) is 0 Å². The molecule has 1 aromatic carbocycles. The number of carbonyl (C=O) groups is 2. The summed E-state index contributed by atoms with van der Waals surface area (Å²) in [5, 5.41) is 9.45. The molecule has 4 nitrogen and oxygen atoms in total. The number of hydrogen-bond donors (Lipinski definition) is 0. The van der Waals surface area contributed by atoms with Crippen LogP contribution in [0.15, 0.2) is 42.5 Å². The lowest BCUT2D eigenvalue weighted by Crippen LogP contribution is -2.30. The van der Waals surface area contributed by atoms with Crippen LogP contribution in [0.2, 0.25) is 0 Å². The molecule has 21 heavy (non-hydrogen) atoms. The van der Waals surface area contributed by atoms with Gasteiger partial charge in [0.25, 0.3) is 0 Å². The first-order valence-electron chi connectivity index (χ1n) is 6.86. The first-order valence-corrected chi connectivity index (χ1v) is 6.86. The molecule has 0 heterocycles. The molecule has 0 aromatic heterocycles. The molecule has 0 amide bonds. The van der Waals surface area contributed by atoms with Gasteiger partial charge in [-0.25, -0.2) is 4.79 Å². The number of allylic oxidation sites excluding steroid dienone is 1. The van der Waals surface area contributed by atoms with E-state index in [-0.39, 0.29) is 18.8 Å². The van der Waals surface area contributed by atoms with Crippen molar-refractivity contribution < 1.29 is 14.3 Å². The number of nitrogens with zero attached hydrogens (tertiary/aromatic N) is 1. The maximum Gasteiger partial charge on any atom is 0.330 e. The summed E-state index contributed by atoms with van der Waals surface area (Å²) in [5.74, 6) is -0.820. The molecule has 0 saturated carbocycles. The van der Waals surface area contributed by atoms with E-state index < -0.39 is 11.4 Å². The van der Waals surface area contributed by atoms with Gasteiger partial charge in [0.15, 0.2) is 11.2 Å². The molecule has 4 heteroatoms. The lowest BCUT2D eigenvalue weighted by atomic mass is 9.82. The van der Waals surface area contributed by atoms with Gasteiger partial charge in [0.1, 0.15) is 0 Å². The normalized spacial score (nSPS) is 13.4. The van der Waals surface area contributed by atoms with Crippen LogP contribution in [-0.2, 0) is 20.7 Å². The standard InChI is InChI=1S/C17H19NO3/c1-3-21-16(20)17(13-18,11-9-14(2)19)12-10-15-7-5-4-6-8-15/h4-9,11H,3,10,12H2,1-2H3/b11-9-. The second-order valence-electron chi connectivity index (χ2n) is 4.73. The van der Waals surface area contributed by atoms with Crippen LogP contribution < -0.4 is 0 Å². The number of nitriles is 1. The number of esters is 1. The highest BCUT2D eigenvalue weighted by atomic mass is 16.5. The van der Waals surface area contributed by atoms with Crippen molar-refractivity contribution in [2.75, 3.05) is 6.61 Å². The van der Waals surface area contributed by atoms with Gasteiger partial charge in [-0.15, -0.1) is 0 Å². The molecule has 0 aliphatic heterocycles. The predicted octanol–water partition coefficient (Wildman–Crippen LogP) is 2.84. The fourth-order valence-corrected chi connectivity index (χ4v) is 1.90. The Hall–Kier alpha value is -2.41. The van der Waals surface area contributed by atoms with Crippen molar-refractivity contribution in [3.05, 3.63) is 48.0 Å². The zero-order valence-corrected chi connectivity index (χ0v) is 12.3. The Labute approximate surface area is 125 Å². The molecule has 0 radical (unpaired) electrons. The molecule has 0 aliphatic rings. The van der Waals surface area contributed by atoms with Crippen LogP contribution in [0.25, 0.3) is 0 Å². The topological polar surface area (TPSA) is 67.2 Å². The van der Waals surface area contributed by atoms with Crippen LogP contribution in [0.5, 0.6) is 0 Å². The second kappa shape index (κ2) is 8.01. The Bertz CT molecular complexity index is 557. The van der Waals surface area contributed by atoms with Gasteiger partial charge in [0.05, 0.1) is 12.7 Å². The molecule has 1 aromatic rings. The molecule has 0 saturated heterocycles. The number of benzene rings is 1. The quantitative estimate of drug-likeness (QED) is 0.570. The van der Waals surface area contributed by atoms with Gasteiger partial charge in [0.2, 0.25) is 0 Å². The van der Waals surface area contributed by atoms with Crippen molar-refractivity contribution in [2.45, 2.75) is 26.7 Å². The maximum atomic E-state index is 12.1. The number of aryl methyl sites for hydroxylation is 1. The molecule has 1 unspecified atom stereocenters. The lowest BCUT2D eigenvalue weighted by Gasteiger charge is -2.20. The zero-order valence-electron chi connectivity index (χ0n) is 12.3. The van der Waals surface area contributed by atoms with Gasteiger partial charge in [0, 0.05) is 0 Å². The van der Waals surface area contributed by atoms with Gasteiger partial charge in [-0.05, 0) is 44.4 Å². The number of hydrogen-bond acceptors (Lipinski definition) is 4. The summed E-state index contributed by atoms with van der Waals surface area (Å²) in [6.45, 7) is 3.26. The molecular weight excluding hydrogens is 266 g/mol. The first-order chi connectivity index (χ1) is 10.0. The van der Waals surface area contributed by atoms with Gasteiger partial charge < -0.3 is 4.74 Å². The molecule has 1 rings (SSSR count). The van der Waals surface area contributed by atoms with Crippen molar-refractivity contribution in [2.24, 2.45) is 5.41 Å². The fourth-order valence-electron chi connectivity index (χ4n) is 1.90. The third-order valence-electron chi connectivity index (χ3n) is 3.09. The van der Waals surface area contributed by atoms with Gasteiger partial charge >= 0.3 is 5.97 Å². The summed E-state index contributed by atoms with van der Waals surface area (Å²) < 4.78 is 5.00. The minimum atomic E-state index is -1.42. The third-order valence-corrected chi connectivity index (χ3v) is 3.09. The van der Waals surface area contributed by atoms with E-state index in [0.29, 0.717) is 6.42 Å². The number of carbonyl (C=O) groups excluding carboxylic acids is 2. The van der Waals surface area contributed by atoms with Crippen LogP contribution in [0.3, 0.4) is 0 Å². The Morgan fingerprint density at radius 2 is 2.00 bits per heavy atom. The second-order valence-corrected chi connectivity index (χ2v) is 4.73. The van der Waals surface area contributed by atoms with Crippen LogP contribution in [0.1, 0.15) is 25.8 Å². The number of ether oxygens (including phenoxy) is 1. The Morgan fingerprint density at radius 1 is 1.33 bits per heavy atom. The van der Waals surface area contributed by atoms with Crippen LogP contribution in [0, 0.1) is 16.7 Å². The van der Waals surface area contributed by atoms with Gasteiger partial charge in [-0.3, -0.25) is 4.79 Å². The van der Waals surface area contributed by atoms with Crippen molar-refractivity contribution in [1.82, 2.24) is 0 Å². The summed E-state index contributed by atoms with van der Waals surface area (Å²) in [6.07, 6.45) is 3.44. The summed E-state index contributed by atoms with van der Waals surface area (Å²) >= 11 is 0. The van der Waals surface area contributed by atoms with Crippen molar-refractivity contribution in [1.29, 1.82) is 5.26 Å². The van der Waals surface area contributed by atoms with Crippen molar-refractivity contribution in [3.63, 3.8) is 0 Å². The van der Waals surface area contributed by atoms with Gasteiger partial charge in [-0.2, -0.15) is 5.26 Å². The molecule has 0 fully saturated rings. The predicted molar refractivity (Wildman–Crippen MR) is 79.3 cm³/mol. The highest BCUT2D eigenvalue weighted by molar-refractivity contribution is 5.90. The highest BCUT2D eigenvalue weighted by Gasteiger charge is 2.37. The summed E-state index contributed by atoms with van der Waals surface area (Å²) in [6, 6.07) is 11.6. The molecule has 0 spiro atoms. The molecule has 0 N–H and O–H groups in total. The van der Waals surface area contributed by atoms with E-state index in [0.717, 1.165) is 5.56 Å². The Kier molecular flexibility index (Phi) is 6.35. The molecule has 0 aliphatic carbocycles. The summed E-state index contributed by atoms with van der Waals surface area (Å²) in [7, 11) is 0. The van der Waals surface area contributed by atoms with Crippen molar-refractivity contribution >= 4 is 11.8 Å². The number of ketones is 1. The Balaban J connectivity index is 2.97. The van der Waals surface area contributed by atoms with Crippen LogP contribution >= 0.6 is 0 Å². The minimum Gasteiger partial charge on any atom is -0.465 e. The number of rotatable bonds is 7. The highest BCUT2D eigenvalue weighted by Crippen LogP contribution is 2.27. The average Bonchev–Trinajstić information content (AvgIpc) is 2.49. The van der Waals surface area contributed by atoms with E-state index in [4.69, 9.17) is 4.74 Å². The molecule has 1 atom stereocenters. The summed E-state index contributed by atoms with van der Waals surface area (Å²) in [5.41, 5.74) is -0.394. The van der Waals surface area contributed by atoms with Crippen molar-refractivity contribution in [3.8, 4) is 6.07 Å².